The summed E-state index contributed by atoms with van der Waals surface area (Å²) in [4.78, 5) is 76.3. The van der Waals surface area contributed by atoms with Crippen LogP contribution in [-0.4, -0.2) is 74.4 Å². The number of nitro groups is 2. The molecule has 0 aromatic heterocycles. The van der Waals surface area contributed by atoms with Crippen molar-refractivity contribution in [2.45, 2.75) is 28.5 Å². The van der Waals surface area contributed by atoms with Crippen LogP contribution in [0.5, 0.6) is 5.75 Å². The summed E-state index contributed by atoms with van der Waals surface area (Å²) in [6.07, 6.45) is 1.31. The number of phenols is 1. The lowest BCUT2D eigenvalue weighted by Gasteiger charge is -2.50. The second-order valence-electron chi connectivity index (χ2n) is 12.0. The van der Waals surface area contributed by atoms with Crippen LogP contribution >= 0.6 is 39.1 Å². The van der Waals surface area contributed by atoms with Crippen LogP contribution in [0.25, 0.3) is 0 Å². The minimum absolute atomic E-state index is 0.0248. The fourth-order valence-electron chi connectivity index (χ4n) is 7.56. The molecule has 46 heavy (non-hydrogen) atoms. The summed E-state index contributed by atoms with van der Waals surface area (Å²) >= 11 is 17.6. The van der Waals surface area contributed by atoms with Crippen LogP contribution < -0.4 is 9.80 Å². The standard InChI is InChI=1S/C29H24BrCl2N5O9/c1-33(2)23-18(36(43)44)9-13(10-19(23)37(45)46)35-24(39)15-6-5-14-17(21(15)25(35)40)11-28(31)26(41)34(3)27(42)29(28,32)22(14)16-8-12(30)4-7-20(16)38/h4-5,7-10,15,17,21-22,38H,6,11H2,1-3H3. The molecular weight excluding hydrogens is 713 g/mol. The minimum Gasteiger partial charge on any atom is -0.508 e. The molecule has 6 unspecified atom stereocenters. The molecule has 4 amide bonds. The lowest BCUT2D eigenvalue weighted by molar-refractivity contribution is -0.392. The third kappa shape index (κ3) is 4.07. The van der Waals surface area contributed by atoms with E-state index >= 15 is 0 Å². The van der Waals surface area contributed by atoms with Crippen molar-refractivity contribution in [3.05, 3.63) is 72.2 Å². The third-order valence-electron chi connectivity index (χ3n) is 9.47. The van der Waals surface area contributed by atoms with Crippen LogP contribution in [0, 0.1) is 38.0 Å². The highest BCUT2D eigenvalue weighted by atomic mass is 79.9. The summed E-state index contributed by atoms with van der Waals surface area (Å²) in [5.41, 5.74) is -1.46. The van der Waals surface area contributed by atoms with E-state index in [1.807, 2.05) is 0 Å². The number of allylic oxidation sites excluding steroid dienone is 2. The molecule has 6 atom stereocenters. The first kappa shape index (κ1) is 31.9. The number of phenolic OH excluding ortho intramolecular Hbond substituents is 1. The SMILES string of the molecule is CN1C(=O)C2(Cl)CC3C(=CCC4C(=O)N(c5cc([N+](=O)[O-])c(N(C)C)c([N+](=O)[O-])c5)C(=O)C43)C(c3cc(Br)ccc3O)C2(Cl)C1=O. The highest BCUT2D eigenvalue weighted by molar-refractivity contribution is 9.10. The van der Waals surface area contributed by atoms with Crippen molar-refractivity contribution in [3.8, 4) is 5.75 Å². The largest absolute Gasteiger partial charge is 0.508 e. The van der Waals surface area contributed by atoms with E-state index in [9.17, 15) is 44.5 Å². The van der Waals surface area contributed by atoms with E-state index in [1.165, 1.54) is 38.2 Å². The molecule has 2 aliphatic carbocycles. The Morgan fingerprint density at radius 1 is 0.978 bits per heavy atom. The quantitative estimate of drug-likeness (QED) is 0.153. The van der Waals surface area contributed by atoms with E-state index in [4.69, 9.17) is 23.2 Å². The maximum atomic E-state index is 14.3. The molecule has 2 aromatic rings. The number of benzene rings is 2. The van der Waals surface area contributed by atoms with E-state index in [0.717, 1.165) is 17.0 Å². The molecule has 17 heteroatoms. The fraction of sp³-hybridized carbons (Fsp3) is 0.379. The number of anilines is 2. The molecule has 240 valence electrons. The number of rotatable bonds is 5. The van der Waals surface area contributed by atoms with Crippen LogP contribution in [0.3, 0.4) is 0 Å². The number of aromatic hydroxyl groups is 1. The second-order valence-corrected chi connectivity index (χ2v) is 14.1. The van der Waals surface area contributed by atoms with E-state index < -0.39 is 78.3 Å². The first-order chi connectivity index (χ1) is 21.5. The van der Waals surface area contributed by atoms with E-state index in [0.29, 0.717) is 14.9 Å². The number of carbonyl (C=O) groups is 4. The Morgan fingerprint density at radius 2 is 1.59 bits per heavy atom. The molecular formula is C29H24BrCl2N5O9. The van der Waals surface area contributed by atoms with E-state index in [2.05, 4.69) is 15.9 Å². The molecule has 2 heterocycles. The van der Waals surface area contributed by atoms with Crippen molar-refractivity contribution in [2.24, 2.45) is 17.8 Å². The van der Waals surface area contributed by atoms with Gasteiger partial charge in [0.2, 0.25) is 11.8 Å². The second kappa shape index (κ2) is 10.5. The van der Waals surface area contributed by atoms with Gasteiger partial charge in [0.15, 0.2) is 15.4 Å². The lowest BCUT2D eigenvalue weighted by atomic mass is 9.56. The predicted octanol–water partition coefficient (Wildman–Crippen LogP) is 4.23. The lowest BCUT2D eigenvalue weighted by Crippen LogP contribution is -2.60. The zero-order valence-corrected chi connectivity index (χ0v) is 27.4. The van der Waals surface area contributed by atoms with Gasteiger partial charge in [0.25, 0.3) is 11.8 Å². The topological polar surface area (TPSA) is 185 Å². The Morgan fingerprint density at radius 3 is 2.15 bits per heavy atom. The average Bonchev–Trinajstić information content (AvgIpc) is 3.32. The van der Waals surface area contributed by atoms with Crippen LogP contribution in [-0.2, 0) is 19.2 Å². The highest BCUT2D eigenvalue weighted by Gasteiger charge is 2.76. The Labute approximate surface area is 278 Å². The zero-order valence-electron chi connectivity index (χ0n) is 24.3. The summed E-state index contributed by atoms with van der Waals surface area (Å²) in [7, 11) is 4.01. The monoisotopic (exact) mass is 735 g/mol. The minimum atomic E-state index is -2.11. The van der Waals surface area contributed by atoms with Gasteiger partial charge in [-0.15, -0.1) is 23.2 Å². The van der Waals surface area contributed by atoms with Gasteiger partial charge in [0.05, 0.1) is 27.4 Å². The number of amides is 4. The van der Waals surface area contributed by atoms with Crippen LogP contribution in [0.1, 0.15) is 24.3 Å². The Hall–Kier alpha value is -4.08. The number of hydrogen-bond donors (Lipinski definition) is 1. The number of nitro benzene ring substituents is 2. The highest BCUT2D eigenvalue weighted by Crippen LogP contribution is 2.66. The number of hydrogen-bond acceptors (Lipinski definition) is 10. The number of imide groups is 2. The molecule has 6 rings (SSSR count). The number of carbonyl (C=O) groups excluding carboxylic acids is 4. The van der Waals surface area contributed by atoms with Gasteiger partial charge in [0, 0.05) is 49.2 Å². The van der Waals surface area contributed by atoms with Crippen molar-refractivity contribution >= 4 is 85.5 Å². The van der Waals surface area contributed by atoms with Crippen LogP contribution in [0.4, 0.5) is 22.7 Å². The first-order valence-electron chi connectivity index (χ1n) is 13.9. The molecule has 0 radical (unpaired) electrons. The smallest absolute Gasteiger partial charge is 0.301 e. The normalized spacial score (nSPS) is 30.2. The molecule has 2 saturated heterocycles. The van der Waals surface area contributed by atoms with Crippen LogP contribution in [0.15, 0.2) is 46.5 Å². The van der Waals surface area contributed by atoms with Crippen molar-refractivity contribution in [2.75, 3.05) is 30.9 Å². The van der Waals surface area contributed by atoms with Gasteiger partial charge in [-0.05, 0) is 37.0 Å². The third-order valence-corrected chi connectivity index (χ3v) is 11.4. The van der Waals surface area contributed by atoms with Crippen molar-refractivity contribution in [1.29, 1.82) is 0 Å². The predicted molar refractivity (Wildman–Crippen MR) is 168 cm³/mol. The molecule has 1 saturated carbocycles. The Balaban J connectivity index is 1.52. The van der Waals surface area contributed by atoms with E-state index in [-0.39, 0.29) is 35.5 Å². The van der Waals surface area contributed by atoms with Crippen molar-refractivity contribution in [3.63, 3.8) is 0 Å². The van der Waals surface area contributed by atoms with Gasteiger partial charge >= 0.3 is 11.4 Å². The number of likely N-dealkylation sites (tertiary alicyclic amines) is 1. The molecule has 2 aromatic carbocycles. The molecule has 0 spiro atoms. The number of nitrogens with zero attached hydrogens (tertiary/aromatic N) is 5. The van der Waals surface area contributed by atoms with Gasteiger partial charge in [-0.3, -0.25) is 44.3 Å². The molecule has 0 bridgehead atoms. The summed E-state index contributed by atoms with van der Waals surface area (Å²) in [6.45, 7) is 0. The first-order valence-corrected chi connectivity index (χ1v) is 15.4. The summed E-state index contributed by atoms with van der Waals surface area (Å²) in [5.74, 6) is -7.74. The van der Waals surface area contributed by atoms with Gasteiger partial charge in [-0.2, -0.15) is 0 Å². The van der Waals surface area contributed by atoms with Crippen LogP contribution in [0.2, 0.25) is 0 Å². The van der Waals surface area contributed by atoms with Gasteiger partial charge in [0.1, 0.15) is 5.75 Å². The molecule has 4 aliphatic rings. The van der Waals surface area contributed by atoms with Gasteiger partial charge in [-0.1, -0.05) is 27.6 Å². The van der Waals surface area contributed by atoms with E-state index in [1.54, 1.807) is 12.1 Å². The molecule has 3 fully saturated rings. The Bertz CT molecular complexity index is 1820. The zero-order chi connectivity index (χ0) is 33.8. The average molecular weight is 737 g/mol. The fourth-order valence-corrected chi connectivity index (χ4v) is 8.95. The summed E-state index contributed by atoms with van der Waals surface area (Å²) < 4.78 is 0.518. The Kier molecular flexibility index (Phi) is 7.26. The van der Waals surface area contributed by atoms with Crippen molar-refractivity contribution in [1.82, 2.24) is 4.90 Å². The molecule has 1 N–H and O–H groups in total. The maximum Gasteiger partial charge on any atom is 0.301 e. The summed E-state index contributed by atoms with van der Waals surface area (Å²) in [5, 5.41) is 35.0. The maximum absolute atomic E-state index is 14.3. The number of alkyl halides is 2. The summed E-state index contributed by atoms with van der Waals surface area (Å²) in [6, 6.07) is 6.34. The molecule has 14 nitrogen and oxygen atoms in total. The van der Waals surface area contributed by atoms with Crippen molar-refractivity contribution < 1.29 is 34.1 Å². The van der Waals surface area contributed by atoms with Gasteiger partial charge in [-0.25, -0.2) is 4.90 Å². The number of halogens is 3. The number of fused-ring (bicyclic) bond motifs is 4. The molecule has 2 aliphatic heterocycles. The van der Waals surface area contributed by atoms with Gasteiger partial charge < -0.3 is 10.0 Å².